The molecule has 0 saturated carbocycles. The number of aryl methyl sites for hydroxylation is 2. The van der Waals surface area contributed by atoms with Gasteiger partial charge in [-0.05, 0) is 67.4 Å². The highest BCUT2D eigenvalue weighted by atomic mass is 32.2. The van der Waals surface area contributed by atoms with Gasteiger partial charge in [0.2, 0.25) is 0 Å². The molecular weight excluding hydrogens is 278 g/mol. The molecule has 2 heterocycles. The maximum Gasteiger partial charge on any atom is 0.107 e. The van der Waals surface area contributed by atoms with Crippen molar-refractivity contribution in [1.82, 2.24) is 15.3 Å². The highest BCUT2D eigenvalue weighted by Gasteiger charge is 2.07. The Morgan fingerprint density at radius 2 is 2.05 bits per heavy atom. The fraction of sp³-hybridized carbons (Fsp3) is 0.412. The van der Waals surface area contributed by atoms with Gasteiger partial charge in [-0.15, -0.1) is 0 Å². The van der Waals surface area contributed by atoms with Crippen molar-refractivity contribution >= 4 is 11.8 Å². The second-order valence-corrected chi connectivity index (χ2v) is 6.73. The number of hydrogen-bond donors (Lipinski definition) is 1. The van der Waals surface area contributed by atoms with Crippen LogP contribution in [-0.2, 0) is 6.54 Å². The van der Waals surface area contributed by atoms with Gasteiger partial charge in [0.1, 0.15) is 10.1 Å². The summed E-state index contributed by atoms with van der Waals surface area (Å²) in [7, 11) is 0. The third-order valence-corrected chi connectivity index (χ3v) is 3.97. The predicted molar refractivity (Wildman–Crippen MR) is 88.6 cm³/mol. The van der Waals surface area contributed by atoms with Crippen molar-refractivity contribution in [2.24, 2.45) is 5.92 Å². The lowest BCUT2D eigenvalue weighted by Crippen LogP contribution is -2.19. The van der Waals surface area contributed by atoms with Crippen molar-refractivity contribution in [3.8, 4) is 0 Å². The van der Waals surface area contributed by atoms with E-state index in [2.05, 4.69) is 54.3 Å². The van der Waals surface area contributed by atoms with Gasteiger partial charge in [0, 0.05) is 18.4 Å². The summed E-state index contributed by atoms with van der Waals surface area (Å²) in [5.41, 5.74) is 3.51. The molecule has 0 aliphatic heterocycles. The lowest BCUT2D eigenvalue weighted by Gasteiger charge is -2.11. The Hall–Kier alpha value is -1.39. The van der Waals surface area contributed by atoms with Crippen molar-refractivity contribution in [2.45, 2.75) is 44.3 Å². The normalized spacial score (nSPS) is 11.1. The standard InChI is InChI=1S/C17H23N3S/c1-12(2)10-18-11-15-6-5-7-19-17(15)21-16-9-13(3)8-14(4)20-16/h5-9,12,18H,10-11H2,1-4H3. The van der Waals surface area contributed by atoms with E-state index >= 15 is 0 Å². The Bertz CT molecular complexity index is 576. The zero-order chi connectivity index (χ0) is 15.2. The maximum absolute atomic E-state index is 4.58. The van der Waals surface area contributed by atoms with Gasteiger partial charge < -0.3 is 5.32 Å². The van der Waals surface area contributed by atoms with Crippen LogP contribution in [-0.4, -0.2) is 16.5 Å². The number of aromatic nitrogens is 2. The summed E-state index contributed by atoms with van der Waals surface area (Å²) in [5, 5.41) is 5.52. The van der Waals surface area contributed by atoms with Gasteiger partial charge in [-0.1, -0.05) is 19.9 Å². The molecule has 0 aliphatic rings. The molecule has 2 aromatic rings. The molecule has 0 unspecified atom stereocenters. The molecule has 0 aromatic carbocycles. The number of hydrogen-bond acceptors (Lipinski definition) is 4. The van der Waals surface area contributed by atoms with E-state index in [0.29, 0.717) is 5.92 Å². The van der Waals surface area contributed by atoms with Gasteiger partial charge in [-0.3, -0.25) is 0 Å². The molecule has 0 spiro atoms. The van der Waals surface area contributed by atoms with Crippen LogP contribution in [0.15, 0.2) is 40.5 Å². The molecule has 1 N–H and O–H groups in total. The van der Waals surface area contributed by atoms with E-state index in [0.717, 1.165) is 28.8 Å². The Kier molecular flexibility index (Phi) is 5.76. The van der Waals surface area contributed by atoms with E-state index in [9.17, 15) is 0 Å². The van der Waals surface area contributed by atoms with Gasteiger partial charge in [-0.2, -0.15) is 0 Å². The predicted octanol–water partition coefficient (Wildman–Crippen LogP) is 3.99. The van der Waals surface area contributed by atoms with Gasteiger partial charge in [0.05, 0.1) is 0 Å². The minimum Gasteiger partial charge on any atom is -0.312 e. The van der Waals surface area contributed by atoms with Crippen LogP contribution < -0.4 is 5.32 Å². The monoisotopic (exact) mass is 301 g/mol. The Morgan fingerprint density at radius 1 is 1.24 bits per heavy atom. The summed E-state index contributed by atoms with van der Waals surface area (Å²) in [6.45, 7) is 10.4. The quantitative estimate of drug-likeness (QED) is 0.875. The smallest absolute Gasteiger partial charge is 0.107 e. The van der Waals surface area contributed by atoms with Gasteiger partial charge in [0.25, 0.3) is 0 Å². The fourth-order valence-electron chi connectivity index (χ4n) is 2.10. The lowest BCUT2D eigenvalue weighted by atomic mass is 10.2. The van der Waals surface area contributed by atoms with Crippen LogP contribution in [0.5, 0.6) is 0 Å². The highest BCUT2D eigenvalue weighted by Crippen LogP contribution is 2.28. The van der Waals surface area contributed by atoms with Crippen molar-refractivity contribution in [3.05, 3.63) is 47.3 Å². The van der Waals surface area contributed by atoms with Crippen LogP contribution >= 0.6 is 11.8 Å². The average molecular weight is 301 g/mol. The minimum atomic E-state index is 0.652. The molecule has 4 heteroatoms. The van der Waals surface area contributed by atoms with E-state index in [1.54, 1.807) is 11.8 Å². The molecule has 112 valence electrons. The van der Waals surface area contributed by atoms with Crippen LogP contribution in [0.1, 0.15) is 30.7 Å². The Labute approximate surface area is 131 Å². The van der Waals surface area contributed by atoms with Crippen molar-refractivity contribution in [3.63, 3.8) is 0 Å². The van der Waals surface area contributed by atoms with Crippen molar-refractivity contribution < 1.29 is 0 Å². The second-order valence-electron chi connectivity index (χ2n) is 5.72. The molecule has 0 aliphatic carbocycles. The first kappa shape index (κ1) is 16.0. The molecule has 0 saturated heterocycles. The van der Waals surface area contributed by atoms with Crippen LogP contribution in [0.25, 0.3) is 0 Å². The number of pyridine rings is 2. The minimum absolute atomic E-state index is 0.652. The van der Waals surface area contributed by atoms with Crippen LogP contribution in [0, 0.1) is 19.8 Å². The van der Waals surface area contributed by atoms with Crippen LogP contribution in [0.3, 0.4) is 0 Å². The van der Waals surface area contributed by atoms with E-state index < -0.39 is 0 Å². The molecule has 2 rings (SSSR count). The van der Waals surface area contributed by atoms with Gasteiger partial charge in [0.15, 0.2) is 0 Å². The summed E-state index contributed by atoms with van der Waals surface area (Å²) in [4.78, 5) is 9.10. The molecule has 0 fully saturated rings. The number of nitrogens with one attached hydrogen (secondary N) is 1. The molecule has 3 nitrogen and oxygen atoms in total. The summed E-state index contributed by atoms with van der Waals surface area (Å²) in [6, 6.07) is 8.32. The van der Waals surface area contributed by atoms with Crippen molar-refractivity contribution in [2.75, 3.05) is 6.54 Å². The first-order chi connectivity index (χ1) is 10.0. The maximum atomic E-state index is 4.58. The summed E-state index contributed by atoms with van der Waals surface area (Å²) in [5.74, 6) is 0.652. The van der Waals surface area contributed by atoms with Crippen LogP contribution in [0.2, 0.25) is 0 Å². The topological polar surface area (TPSA) is 37.8 Å². The average Bonchev–Trinajstić information content (AvgIpc) is 2.39. The highest BCUT2D eigenvalue weighted by molar-refractivity contribution is 7.99. The zero-order valence-electron chi connectivity index (χ0n) is 13.2. The molecule has 0 atom stereocenters. The van der Waals surface area contributed by atoms with Crippen molar-refractivity contribution in [1.29, 1.82) is 0 Å². The molecule has 0 radical (unpaired) electrons. The summed E-state index contributed by atoms with van der Waals surface area (Å²) < 4.78 is 0. The third-order valence-electron chi connectivity index (χ3n) is 2.99. The molecule has 0 amide bonds. The number of rotatable bonds is 6. The lowest BCUT2D eigenvalue weighted by molar-refractivity contribution is 0.549. The third kappa shape index (κ3) is 5.14. The van der Waals surface area contributed by atoms with Gasteiger partial charge >= 0.3 is 0 Å². The van der Waals surface area contributed by atoms with E-state index in [1.807, 2.05) is 19.2 Å². The second kappa shape index (κ2) is 7.57. The van der Waals surface area contributed by atoms with E-state index in [-0.39, 0.29) is 0 Å². The molecule has 0 bridgehead atoms. The van der Waals surface area contributed by atoms with E-state index in [1.165, 1.54) is 11.1 Å². The number of nitrogens with zero attached hydrogens (tertiary/aromatic N) is 2. The molecule has 2 aromatic heterocycles. The zero-order valence-corrected chi connectivity index (χ0v) is 14.0. The summed E-state index contributed by atoms with van der Waals surface area (Å²) >= 11 is 1.64. The SMILES string of the molecule is Cc1cc(C)nc(Sc2ncccc2CNCC(C)C)c1. The Morgan fingerprint density at radius 3 is 2.76 bits per heavy atom. The summed E-state index contributed by atoms with van der Waals surface area (Å²) in [6.07, 6.45) is 1.84. The first-order valence-electron chi connectivity index (χ1n) is 7.32. The molecular formula is C17H23N3S. The van der Waals surface area contributed by atoms with Crippen LogP contribution in [0.4, 0.5) is 0 Å². The molecule has 21 heavy (non-hydrogen) atoms. The van der Waals surface area contributed by atoms with Gasteiger partial charge in [-0.25, -0.2) is 9.97 Å². The van der Waals surface area contributed by atoms with E-state index in [4.69, 9.17) is 0 Å². The Balaban J connectivity index is 2.12. The fourth-order valence-corrected chi connectivity index (χ4v) is 3.12. The first-order valence-corrected chi connectivity index (χ1v) is 8.14. The largest absolute Gasteiger partial charge is 0.312 e.